The predicted octanol–water partition coefficient (Wildman–Crippen LogP) is 3.62. The largest absolute Gasteiger partial charge is 0.481 e. The first-order chi connectivity index (χ1) is 10.6. The van der Waals surface area contributed by atoms with E-state index in [0.717, 1.165) is 42.1 Å². The summed E-state index contributed by atoms with van der Waals surface area (Å²) in [4.78, 5) is 15.4. The highest BCUT2D eigenvalue weighted by Gasteiger charge is 2.25. The Kier molecular flexibility index (Phi) is 4.60. The molecule has 0 bridgehead atoms. The van der Waals surface area contributed by atoms with Gasteiger partial charge in [0.2, 0.25) is 0 Å². The van der Waals surface area contributed by atoms with E-state index in [2.05, 4.69) is 10.3 Å². The number of nitrogens with one attached hydrogen (secondary N) is 1. The topological polar surface area (TPSA) is 62.2 Å². The van der Waals surface area contributed by atoms with Crippen LogP contribution in [0.1, 0.15) is 31.2 Å². The summed E-state index contributed by atoms with van der Waals surface area (Å²) in [6.45, 7) is 0.705. The summed E-state index contributed by atoms with van der Waals surface area (Å²) in [6.07, 6.45) is 5.10. The molecule has 5 heteroatoms. The summed E-state index contributed by atoms with van der Waals surface area (Å²) >= 11 is 6.18. The van der Waals surface area contributed by atoms with E-state index in [4.69, 9.17) is 16.7 Å². The van der Waals surface area contributed by atoms with E-state index in [0.29, 0.717) is 17.6 Å². The van der Waals surface area contributed by atoms with Crippen LogP contribution in [-0.2, 0) is 11.3 Å². The smallest absolute Gasteiger partial charge is 0.306 e. The highest BCUT2D eigenvalue weighted by atomic mass is 35.5. The van der Waals surface area contributed by atoms with Crippen LogP contribution in [-0.4, -0.2) is 22.1 Å². The van der Waals surface area contributed by atoms with E-state index in [-0.39, 0.29) is 5.92 Å². The SMILES string of the molecule is O=C(O)C1CCC(NCc2cc(Cl)cc3cccnc23)CC1. The Bertz CT molecular complexity index is 681. The quantitative estimate of drug-likeness (QED) is 0.903. The molecule has 1 heterocycles. The van der Waals surface area contributed by atoms with Crippen molar-refractivity contribution in [3.05, 3.63) is 41.0 Å². The van der Waals surface area contributed by atoms with Gasteiger partial charge >= 0.3 is 5.97 Å². The summed E-state index contributed by atoms with van der Waals surface area (Å²) in [5.41, 5.74) is 2.06. The van der Waals surface area contributed by atoms with E-state index in [9.17, 15) is 4.79 Å². The summed E-state index contributed by atoms with van der Waals surface area (Å²) in [5.74, 6) is -0.838. The van der Waals surface area contributed by atoms with Gasteiger partial charge in [0.1, 0.15) is 0 Å². The number of hydrogen-bond donors (Lipinski definition) is 2. The minimum absolute atomic E-state index is 0.174. The second-order valence-electron chi connectivity index (χ2n) is 5.91. The maximum Gasteiger partial charge on any atom is 0.306 e. The lowest BCUT2D eigenvalue weighted by Gasteiger charge is -2.27. The Balaban J connectivity index is 1.66. The van der Waals surface area contributed by atoms with Crippen molar-refractivity contribution in [1.29, 1.82) is 0 Å². The molecule has 116 valence electrons. The van der Waals surface area contributed by atoms with Crippen molar-refractivity contribution in [2.24, 2.45) is 5.92 Å². The molecule has 1 aliphatic carbocycles. The molecule has 0 aliphatic heterocycles. The maximum absolute atomic E-state index is 11.0. The lowest BCUT2D eigenvalue weighted by atomic mass is 9.86. The molecule has 0 saturated heterocycles. The van der Waals surface area contributed by atoms with Gasteiger partial charge in [-0.05, 0) is 49.4 Å². The number of rotatable bonds is 4. The van der Waals surface area contributed by atoms with Crippen LogP contribution in [0.3, 0.4) is 0 Å². The van der Waals surface area contributed by atoms with E-state index in [1.165, 1.54) is 0 Å². The van der Waals surface area contributed by atoms with Crippen molar-refractivity contribution in [3.8, 4) is 0 Å². The number of hydrogen-bond acceptors (Lipinski definition) is 3. The van der Waals surface area contributed by atoms with Crippen LogP contribution < -0.4 is 5.32 Å². The standard InChI is InChI=1S/C17H19ClN2O2/c18-14-8-12-2-1-7-19-16(12)13(9-14)10-20-15-5-3-11(4-6-15)17(21)22/h1-2,7-9,11,15,20H,3-6,10H2,(H,21,22). The molecular weight excluding hydrogens is 300 g/mol. The number of carboxylic acids is 1. The molecule has 22 heavy (non-hydrogen) atoms. The Morgan fingerprint density at radius 3 is 2.82 bits per heavy atom. The van der Waals surface area contributed by atoms with Crippen molar-refractivity contribution in [3.63, 3.8) is 0 Å². The van der Waals surface area contributed by atoms with Gasteiger partial charge in [-0.1, -0.05) is 17.7 Å². The number of aliphatic carboxylic acids is 1. The normalized spacial score (nSPS) is 21.9. The number of carboxylic acid groups (broad SMARTS) is 1. The molecule has 0 radical (unpaired) electrons. The third-order valence-corrected chi connectivity index (χ3v) is 4.62. The third-order valence-electron chi connectivity index (χ3n) is 4.41. The zero-order valence-electron chi connectivity index (χ0n) is 12.3. The summed E-state index contributed by atoms with van der Waals surface area (Å²) < 4.78 is 0. The van der Waals surface area contributed by atoms with E-state index in [1.54, 1.807) is 6.20 Å². The molecule has 2 aromatic rings. The van der Waals surface area contributed by atoms with Gasteiger partial charge < -0.3 is 10.4 Å². The van der Waals surface area contributed by atoms with Crippen LogP contribution in [0.15, 0.2) is 30.5 Å². The lowest BCUT2D eigenvalue weighted by molar-refractivity contribution is -0.142. The second kappa shape index (κ2) is 6.63. The molecule has 1 aliphatic rings. The molecule has 1 fully saturated rings. The van der Waals surface area contributed by atoms with Gasteiger partial charge in [-0.2, -0.15) is 0 Å². The molecule has 3 rings (SSSR count). The number of benzene rings is 1. The van der Waals surface area contributed by atoms with Crippen LogP contribution >= 0.6 is 11.6 Å². The zero-order valence-corrected chi connectivity index (χ0v) is 13.0. The highest BCUT2D eigenvalue weighted by Crippen LogP contribution is 2.26. The van der Waals surface area contributed by atoms with Crippen molar-refractivity contribution in [1.82, 2.24) is 10.3 Å². The van der Waals surface area contributed by atoms with Crippen molar-refractivity contribution in [2.75, 3.05) is 0 Å². The monoisotopic (exact) mass is 318 g/mol. The number of pyridine rings is 1. The number of fused-ring (bicyclic) bond motifs is 1. The highest BCUT2D eigenvalue weighted by molar-refractivity contribution is 6.31. The molecule has 0 amide bonds. The molecule has 0 unspecified atom stereocenters. The van der Waals surface area contributed by atoms with Crippen molar-refractivity contribution >= 4 is 28.5 Å². The van der Waals surface area contributed by atoms with E-state index in [1.807, 2.05) is 24.3 Å². The van der Waals surface area contributed by atoms with E-state index >= 15 is 0 Å². The van der Waals surface area contributed by atoms with Crippen LogP contribution in [0.25, 0.3) is 10.9 Å². The van der Waals surface area contributed by atoms with Crippen molar-refractivity contribution in [2.45, 2.75) is 38.3 Å². The Hall–Kier alpha value is -1.65. The summed E-state index contributed by atoms with van der Waals surface area (Å²) in [5, 5.41) is 14.3. The molecule has 1 saturated carbocycles. The van der Waals surface area contributed by atoms with Gasteiger partial charge in [0.05, 0.1) is 11.4 Å². The fourth-order valence-electron chi connectivity index (χ4n) is 3.16. The van der Waals surface area contributed by atoms with Gasteiger partial charge in [0.15, 0.2) is 0 Å². The zero-order chi connectivity index (χ0) is 15.5. The number of aromatic nitrogens is 1. The first-order valence-electron chi connectivity index (χ1n) is 7.63. The molecule has 1 aromatic heterocycles. The maximum atomic E-state index is 11.0. The van der Waals surface area contributed by atoms with Gasteiger partial charge in [0, 0.05) is 29.2 Å². The van der Waals surface area contributed by atoms with E-state index < -0.39 is 5.97 Å². The average molecular weight is 319 g/mol. The summed E-state index contributed by atoms with van der Waals surface area (Å²) in [7, 11) is 0. The number of nitrogens with zero attached hydrogens (tertiary/aromatic N) is 1. The fourth-order valence-corrected chi connectivity index (χ4v) is 3.41. The molecule has 1 aromatic carbocycles. The number of halogens is 1. The number of carbonyl (C=O) groups is 1. The van der Waals surface area contributed by atoms with Crippen LogP contribution in [0.5, 0.6) is 0 Å². The van der Waals surface area contributed by atoms with Crippen LogP contribution in [0.2, 0.25) is 5.02 Å². The van der Waals surface area contributed by atoms with Gasteiger partial charge in [-0.3, -0.25) is 9.78 Å². The van der Waals surface area contributed by atoms with Gasteiger partial charge in [-0.15, -0.1) is 0 Å². The minimum Gasteiger partial charge on any atom is -0.481 e. The Morgan fingerprint density at radius 1 is 1.32 bits per heavy atom. The minimum atomic E-state index is -0.663. The Labute approximate surface area is 134 Å². The van der Waals surface area contributed by atoms with Crippen LogP contribution in [0.4, 0.5) is 0 Å². The molecule has 0 spiro atoms. The predicted molar refractivity (Wildman–Crippen MR) is 87.0 cm³/mol. The summed E-state index contributed by atoms with van der Waals surface area (Å²) in [6, 6.07) is 8.16. The average Bonchev–Trinajstić information content (AvgIpc) is 2.52. The molecule has 4 nitrogen and oxygen atoms in total. The third kappa shape index (κ3) is 3.39. The van der Waals surface area contributed by atoms with Gasteiger partial charge in [-0.25, -0.2) is 0 Å². The molecule has 2 N–H and O–H groups in total. The fraction of sp³-hybridized carbons (Fsp3) is 0.412. The lowest BCUT2D eigenvalue weighted by Crippen LogP contribution is -2.34. The first-order valence-corrected chi connectivity index (χ1v) is 8.00. The van der Waals surface area contributed by atoms with Gasteiger partial charge in [0.25, 0.3) is 0 Å². The second-order valence-corrected chi connectivity index (χ2v) is 6.34. The first kappa shape index (κ1) is 15.3. The molecule has 0 atom stereocenters. The molecular formula is C17H19ClN2O2. The van der Waals surface area contributed by atoms with Crippen LogP contribution in [0, 0.1) is 5.92 Å². The Morgan fingerprint density at radius 2 is 2.09 bits per heavy atom. The van der Waals surface area contributed by atoms with Crippen molar-refractivity contribution < 1.29 is 9.90 Å².